The van der Waals surface area contributed by atoms with Crippen LogP contribution in [0.3, 0.4) is 0 Å². The molecule has 0 spiro atoms. The van der Waals surface area contributed by atoms with Crippen LogP contribution in [0.1, 0.15) is 22.3 Å². The van der Waals surface area contributed by atoms with Gasteiger partial charge in [-0.05, 0) is 24.6 Å². The standard InChI is InChI=1S/C14H18N2O4/c1-9-11(3-2-4-12(9)15)14(19)16-5-6-20-10(8-16)7-13(17)18/h2-4,10H,5-8,15H2,1H3,(H,17,18). The lowest BCUT2D eigenvalue weighted by Crippen LogP contribution is -2.46. The van der Waals surface area contributed by atoms with Gasteiger partial charge in [0.1, 0.15) is 0 Å². The SMILES string of the molecule is Cc1c(N)cccc1C(=O)N1CCOC(CC(=O)O)C1. The summed E-state index contributed by atoms with van der Waals surface area (Å²) in [5.41, 5.74) is 7.69. The molecule has 3 N–H and O–H groups in total. The maximum Gasteiger partial charge on any atom is 0.306 e. The molecule has 0 aromatic heterocycles. The number of nitrogen functional groups attached to an aromatic ring is 1. The fourth-order valence-corrected chi connectivity index (χ4v) is 2.28. The molecule has 1 aliphatic rings. The quantitative estimate of drug-likeness (QED) is 0.801. The maximum absolute atomic E-state index is 12.5. The molecule has 0 radical (unpaired) electrons. The zero-order valence-electron chi connectivity index (χ0n) is 11.3. The van der Waals surface area contributed by atoms with Crippen LogP contribution in [0.2, 0.25) is 0 Å². The van der Waals surface area contributed by atoms with E-state index >= 15 is 0 Å². The number of nitrogens with zero attached hydrogens (tertiary/aromatic N) is 1. The lowest BCUT2D eigenvalue weighted by Gasteiger charge is -2.32. The van der Waals surface area contributed by atoms with Gasteiger partial charge in [0, 0.05) is 24.3 Å². The zero-order chi connectivity index (χ0) is 14.7. The molecule has 0 bridgehead atoms. The summed E-state index contributed by atoms with van der Waals surface area (Å²) in [5, 5.41) is 8.79. The van der Waals surface area contributed by atoms with Gasteiger partial charge in [0.05, 0.1) is 19.1 Å². The minimum Gasteiger partial charge on any atom is -0.481 e. The third-order valence-corrected chi connectivity index (χ3v) is 3.43. The first-order valence-corrected chi connectivity index (χ1v) is 6.47. The molecule has 1 unspecified atom stereocenters. The molecular weight excluding hydrogens is 260 g/mol. The van der Waals surface area contributed by atoms with Crippen LogP contribution in [0.4, 0.5) is 5.69 Å². The normalized spacial score (nSPS) is 18.9. The summed E-state index contributed by atoms with van der Waals surface area (Å²) in [6, 6.07) is 5.22. The van der Waals surface area contributed by atoms with E-state index in [2.05, 4.69) is 0 Å². The molecular formula is C14H18N2O4. The fraction of sp³-hybridized carbons (Fsp3) is 0.429. The van der Waals surface area contributed by atoms with Gasteiger partial charge in [-0.2, -0.15) is 0 Å². The highest BCUT2D eigenvalue weighted by Gasteiger charge is 2.27. The average Bonchev–Trinajstić information content (AvgIpc) is 2.41. The van der Waals surface area contributed by atoms with Crippen LogP contribution >= 0.6 is 0 Å². The second-order valence-corrected chi connectivity index (χ2v) is 4.86. The van der Waals surface area contributed by atoms with Crippen molar-refractivity contribution in [3.63, 3.8) is 0 Å². The Morgan fingerprint density at radius 2 is 2.25 bits per heavy atom. The Balaban J connectivity index is 2.12. The van der Waals surface area contributed by atoms with Crippen molar-refractivity contribution in [3.05, 3.63) is 29.3 Å². The number of carboxylic acid groups (broad SMARTS) is 1. The van der Waals surface area contributed by atoms with Crippen molar-refractivity contribution in [2.75, 3.05) is 25.4 Å². The predicted octanol–water partition coefficient (Wildman–Crippen LogP) is 0.893. The van der Waals surface area contributed by atoms with Gasteiger partial charge in [0.25, 0.3) is 5.91 Å². The lowest BCUT2D eigenvalue weighted by molar-refractivity contribution is -0.141. The third-order valence-electron chi connectivity index (χ3n) is 3.43. The van der Waals surface area contributed by atoms with E-state index in [4.69, 9.17) is 15.6 Å². The largest absolute Gasteiger partial charge is 0.481 e. The Bertz CT molecular complexity index is 530. The number of rotatable bonds is 3. The molecule has 1 aliphatic heterocycles. The summed E-state index contributed by atoms with van der Waals surface area (Å²) in [5.74, 6) is -1.06. The van der Waals surface area contributed by atoms with Crippen LogP contribution in [0, 0.1) is 6.92 Å². The Kier molecular flexibility index (Phi) is 4.24. The number of anilines is 1. The minimum atomic E-state index is -0.926. The molecule has 1 aromatic rings. The maximum atomic E-state index is 12.5. The van der Waals surface area contributed by atoms with Gasteiger partial charge in [-0.15, -0.1) is 0 Å². The van der Waals surface area contributed by atoms with E-state index in [9.17, 15) is 9.59 Å². The molecule has 1 aromatic carbocycles. The molecule has 0 aliphatic carbocycles. The molecule has 20 heavy (non-hydrogen) atoms. The summed E-state index contributed by atoms with van der Waals surface area (Å²) in [6.07, 6.45) is -0.550. The minimum absolute atomic E-state index is 0.0975. The van der Waals surface area contributed by atoms with E-state index < -0.39 is 12.1 Å². The zero-order valence-corrected chi connectivity index (χ0v) is 11.3. The molecule has 6 nitrogen and oxygen atoms in total. The Morgan fingerprint density at radius 1 is 1.50 bits per heavy atom. The summed E-state index contributed by atoms with van der Waals surface area (Å²) in [4.78, 5) is 24.8. The summed E-state index contributed by atoms with van der Waals surface area (Å²) >= 11 is 0. The number of hydrogen-bond donors (Lipinski definition) is 2. The van der Waals surface area contributed by atoms with E-state index in [1.54, 1.807) is 30.0 Å². The van der Waals surface area contributed by atoms with Gasteiger partial charge >= 0.3 is 5.97 Å². The number of aliphatic carboxylic acids is 1. The van der Waals surface area contributed by atoms with Gasteiger partial charge in [-0.3, -0.25) is 9.59 Å². The first-order chi connectivity index (χ1) is 9.49. The van der Waals surface area contributed by atoms with E-state index in [0.29, 0.717) is 30.9 Å². The monoisotopic (exact) mass is 278 g/mol. The smallest absolute Gasteiger partial charge is 0.306 e. The van der Waals surface area contributed by atoms with Crippen molar-refractivity contribution in [1.29, 1.82) is 0 Å². The number of morpholine rings is 1. The molecule has 1 heterocycles. The molecule has 6 heteroatoms. The van der Waals surface area contributed by atoms with Crippen LogP contribution in [-0.2, 0) is 9.53 Å². The highest BCUT2D eigenvalue weighted by atomic mass is 16.5. The summed E-state index contributed by atoms with van der Waals surface area (Å²) < 4.78 is 5.36. The van der Waals surface area contributed by atoms with Gasteiger partial charge in [-0.25, -0.2) is 0 Å². The second-order valence-electron chi connectivity index (χ2n) is 4.86. The van der Waals surface area contributed by atoms with Crippen molar-refractivity contribution in [1.82, 2.24) is 4.90 Å². The van der Waals surface area contributed by atoms with Crippen LogP contribution in [0.25, 0.3) is 0 Å². The Hall–Kier alpha value is -2.08. The fourth-order valence-electron chi connectivity index (χ4n) is 2.28. The van der Waals surface area contributed by atoms with Crippen molar-refractivity contribution >= 4 is 17.6 Å². The van der Waals surface area contributed by atoms with E-state index in [-0.39, 0.29) is 12.3 Å². The van der Waals surface area contributed by atoms with Gasteiger partial charge in [0.2, 0.25) is 0 Å². The van der Waals surface area contributed by atoms with Crippen molar-refractivity contribution in [2.24, 2.45) is 0 Å². The number of carbonyl (C=O) groups is 2. The number of nitrogens with two attached hydrogens (primary N) is 1. The van der Waals surface area contributed by atoms with Crippen molar-refractivity contribution in [2.45, 2.75) is 19.4 Å². The van der Waals surface area contributed by atoms with Crippen molar-refractivity contribution < 1.29 is 19.4 Å². The highest BCUT2D eigenvalue weighted by molar-refractivity contribution is 5.97. The van der Waals surface area contributed by atoms with Crippen LogP contribution in [-0.4, -0.2) is 47.7 Å². The molecule has 1 atom stereocenters. The number of ether oxygens (including phenoxy) is 1. The van der Waals surface area contributed by atoms with E-state index in [1.807, 2.05) is 0 Å². The van der Waals surface area contributed by atoms with Crippen LogP contribution in [0.5, 0.6) is 0 Å². The number of carboxylic acids is 1. The van der Waals surface area contributed by atoms with Gasteiger partial charge < -0.3 is 20.5 Å². The molecule has 0 saturated carbocycles. The molecule has 108 valence electrons. The molecule has 1 fully saturated rings. The Morgan fingerprint density at radius 3 is 2.95 bits per heavy atom. The molecule has 1 amide bonds. The first kappa shape index (κ1) is 14.3. The van der Waals surface area contributed by atoms with E-state index in [0.717, 1.165) is 5.56 Å². The summed E-state index contributed by atoms with van der Waals surface area (Å²) in [6.45, 7) is 2.91. The Labute approximate surface area is 117 Å². The number of hydrogen-bond acceptors (Lipinski definition) is 4. The average molecular weight is 278 g/mol. The lowest BCUT2D eigenvalue weighted by atomic mass is 10.0. The highest BCUT2D eigenvalue weighted by Crippen LogP contribution is 2.19. The van der Waals surface area contributed by atoms with Gasteiger partial charge in [0.15, 0.2) is 0 Å². The third kappa shape index (κ3) is 3.08. The number of benzene rings is 1. The van der Waals surface area contributed by atoms with Crippen LogP contribution in [0.15, 0.2) is 18.2 Å². The van der Waals surface area contributed by atoms with Crippen molar-refractivity contribution in [3.8, 4) is 0 Å². The molecule has 1 saturated heterocycles. The predicted molar refractivity (Wildman–Crippen MR) is 73.5 cm³/mol. The molecule has 2 rings (SSSR count). The van der Waals surface area contributed by atoms with Gasteiger partial charge in [-0.1, -0.05) is 6.07 Å². The number of amides is 1. The van der Waals surface area contributed by atoms with E-state index in [1.165, 1.54) is 0 Å². The number of carbonyl (C=O) groups excluding carboxylic acids is 1. The second kappa shape index (κ2) is 5.92. The van der Waals surface area contributed by atoms with Crippen LogP contribution < -0.4 is 5.73 Å². The first-order valence-electron chi connectivity index (χ1n) is 6.47. The summed E-state index contributed by atoms with van der Waals surface area (Å²) in [7, 11) is 0. The topological polar surface area (TPSA) is 92.9 Å².